The summed E-state index contributed by atoms with van der Waals surface area (Å²) in [6.07, 6.45) is 4.96. The first-order valence-electron chi connectivity index (χ1n) is 5.33. The summed E-state index contributed by atoms with van der Waals surface area (Å²) in [4.78, 5) is 17.3. The maximum absolute atomic E-state index is 11.9. The molecule has 0 spiro atoms. The van der Waals surface area contributed by atoms with Crippen LogP contribution in [0.3, 0.4) is 0 Å². The smallest absolute Gasteiger partial charge is 0.306 e. The van der Waals surface area contributed by atoms with Gasteiger partial charge in [-0.05, 0) is 12.1 Å². The summed E-state index contributed by atoms with van der Waals surface area (Å²) in [5.41, 5.74) is 0.780. The van der Waals surface area contributed by atoms with Crippen LogP contribution in [0.15, 0.2) is 42.5 Å². The number of rotatable bonds is 1. The van der Waals surface area contributed by atoms with Crippen LogP contribution in [-0.2, 0) is 4.84 Å². The quantitative estimate of drug-likeness (QED) is 0.731. The minimum absolute atomic E-state index is 0.0755. The number of amides is 2. The number of hydrogen-bond acceptors (Lipinski definition) is 2. The van der Waals surface area contributed by atoms with Crippen LogP contribution in [0.5, 0.6) is 0 Å². The number of benzene rings is 1. The number of hydrogen-bond donors (Lipinski definition) is 1. The highest BCUT2D eigenvalue weighted by Crippen LogP contribution is 2.29. The molecule has 4 heteroatoms. The van der Waals surface area contributed by atoms with Crippen molar-refractivity contribution in [2.24, 2.45) is 0 Å². The van der Waals surface area contributed by atoms with Gasteiger partial charge in [0.15, 0.2) is 0 Å². The molecule has 0 unspecified atom stereocenters. The summed E-state index contributed by atoms with van der Waals surface area (Å²) in [6, 6.07) is 9.26. The molecule has 1 aromatic rings. The lowest BCUT2D eigenvalue weighted by Gasteiger charge is -2.22. The van der Waals surface area contributed by atoms with Crippen molar-refractivity contribution in [3.05, 3.63) is 42.5 Å². The Hall–Kier alpha value is -1.81. The van der Waals surface area contributed by atoms with Crippen LogP contribution in [0.25, 0.3) is 0 Å². The number of para-hydroxylation sites is 1. The second kappa shape index (κ2) is 3.64. The van der Waals surface area contributed by atoms with Gasteiger partial charge in [0.05, 0.1) is 6.04 Å². The lowest BCUT2D eigenvalue weighted by atomic mass is 10.2. The van der Waals surface area contributed by atoms with Gasteiger partial charge in [-0.15, -0.1) is 0 Å². The molecule has 2 amide bonds. The summed E-state index contributed by atoms with van der Waals surface area (Å²) in [6.45, 7) is 0. The molecule has 1 heterocycles. The van der Waals surface area contributed by atoms with Gasteiger partial charge in [-0.25, -0.2) is 4.79 Å². The van der Waals surface area contributed by atoms with Gasteiger partial charge in [0.1, 0.15) is 6.10 Å². The zero-order chi connectivity index (χ0) is 11.0. The number of carbonyl (C=O) groups excluding carboxylic acids is 1. The lowest BCUT2D eigenvalue weighted by molar-refractivity contribution is -0.104. The fraction of sp³-hybridized carbons (Fsp3) is 0.250. The summed E-state index contributed by atoms with van der Waals surface area (Å²) in [5.74, 6) is 0. The van der Waals surface area contributed by atoms with Gasteiger partial charge in [-0.3, -0.25) is 4.84 Å². The number of fused-ring (bicyclic) bond motifs is 2. The molecule has 0 aromatic heterocycles. The molecule has 16 heavy (non-hydrogen) atoms. The van der Waals surface area contributed by atoms with Crippen LogP contribution < -0.4 is 5.32 Å². The molecule has 2 bridgehead atoms. The maximum Gasteiger partial charge on any atom is 0.346 e. The summed E-state index contributed by atoms with van der Waals surface area (Å²) >= 11 is 0. The third-order valence-corrected chi connectivity index (χ3v) is 2.80. The normalized spacial score (nSPS) is 26.1. The van der Waals surface area contributed by atoms with E-state index in [4.69, 9.17) is 4.84 Å². The van der Waals surface area contributed by atoms with Gasteiger partial charge in [-0.1, -0.05) is 30.4 Å². The van der Waals surface area contributed by atoms with Crippen molar-refractivity contribution in [2.75, 3.05) is 5.32 Å². The Morgan fingerprint density at radius 3 is 2.75 bits per heavy atom. The minimum Gasteiger partial charge on any atom is -0.306 e. The summed E-state index contributed by atoms with van der Waals surface area (Å²) in [7, 11) is 0. The van der Waals surface area contributed by atoms with Crippen LogP contribution in [-0.4, -0.2) is 23.2 Å². The average Bonchev–Trinajstić information content (AvgIpc) is 2.92. The van der Waals surface area contributed by atoms with Gasteiger partial charge in [0, 0.05) is 12.1 Å². The van der Waals surface area contributed by atoms with E-state index in [0.717, 1.165) is 12.1 Å². The highest BCUT2D eigenvalue weighted by atomic mass is 16.7. The Kier molecular flexibility index (Phi) is 2.15. The predicted octanol–water partition coefficient (Wildman–Crippen LogP) is 2.16. The molecule has 1 aliphatic carbocycles. The Morgan fingerprint density at radius 1 is 1.31 bits per heavy atom. The van der Waals surface area contributed by atoms with Gasteiger partial charge >= 0.3 is 6.03 Å². The molecule has 1 fully saturated rings. The second-order valence-corrected chi connectivity index (χ2v) is 3.95. The molecule has 1 N–H and O–H groups in total. The Labute approximate surface area is 93.5 Å². The number of carbonyl (C=O) groups is 1. The molecule has 82 valence electrons. The first-order valence-corrected chi connectivity index (χ1v) is 5.33. The van der Waals surface area contributed by atoms with E-state index in [-0.39, 0.29) is 18.2 Å². The van der Waals surface area contributed by atoms with Gasteiger partial charge < -0.3 is 5.32 Å². The molecule has 3 rings (SSSR count). The number of urea groups is 1. The zero-order valence-electron chi connectivity index (χ0n) is 8.67. The summed E-state index contributed by atoms with van der Waals surface area (Å²) < 4.78 is 0. The molecule has 2 aliphatic rings. The molecule has 2 atom stereocenters. The van der Waals surface area contributed by atoms with Crippen LogP contribution in [0, 0.1) is 0 Å². The average molecular weight is 216 g/mol. The van der Waals surface area contributed by atoms with E-state index in [1.54, 1.807) is 0 Å². The first-order chi connectivity index (χ1) is 7.83. The van der Waals surface area contributed by atoms with Gasteiger partial charge in [-0.2, -0.15) is 5.06 Å². The third kappa shape index (κ3) is 1.57. The van der Waals surface area contributed by atoms with Gasteiger partial charge in [0.25, 0.3) is 0 Å². The molecule has 1 aliphatic heterocycles. The van der Waals surface area contributed by atoms with Crippen LogP contribution >= 0.6 is 0 Å². The van der Waals surface area contributed by atoms with Crippen molar-refractivity contribution in [2.45, 2.75) is 18.6 Å². The minimum atomic E-state index is -0.206. The van der Waals surface area contributed by atoms with Crippen molar-refractivity contribution < 1.29 is 9.63 Å². The largest absolute Gasteiger partial charge is 0.346 e. The Balaban J connectivity index is 1.69. The monoisotopic (exact) mass is 216 g/mol. The molecule has 4 nitrogen and oxygen atoms in total. The van der Waals surface area contributed by atoms with E-state index in [9.17, 15) is 4.79 Å². The van der Waals surface area contributed by atoms with Crippen molar-refractivity contribution in [3.63, 3.8) is 0 Å². The van der Waals surface area contributed by atoms with E-state index in [1.807, 2.05) is 42.5 Å². The van der Waals surface area contributed by atoms with Crippen molar-refractivity contribution in [1.82, 2.24) is 5.06 Å². The van der Waals surface area contributed by atoms with Crippen molar-refractivity contribution in [3.8, 4) is 0 Å². The van der Waals surface area contributed by atoms with E-state index < -0.39 is 0 Å². The van der Waals surface area contributed by atoms with E-state index in [1.165, 1.54) is 5.06 Å². The maximum atomic E-state index is 11.9. The Morgan fingerprint density at radius 2 is 2.12 bits per heavy atom. The molecular weight excluding hydrogens is 204 g/mol. The molecular formula is C12H12N2O2. The van der Waals surface area contributed by atoms with E-state index in [0.29, 0.717) is 0 Å². The predicted molar refractivity (Wildman–Crippen MR) is 59.7 cm³/mol. The fourth-order valence-electron chi connectivity index (χ4n) is 2.02. The lowest BCUT2D eigenvalue weighted by Crippen LogP contribution is -2.38. The first kappa shape index (κ1) is 9.42. The molecule has 0 radical (unpaired) electrons. The number of hydroxylamine groups is 2. The molecule has 1 aromatic carbocycles. The van der Waals surface area contributed by atoms with Gasteiger partial charge in [0.2, 0.25) is 0 Å². The SMILES string of the molecule is O=C(Nc1ccccc1)N1O[C@H]2C=C[C@H]1C2. The van der Waals surface area contributed by atoms with Crippen molar-refractivity contribution >= 4 is 11.7 Å². The third-order valence-electron chi connectivity index (χ3n) is 2.80. The number of nitrogens with zero attached hydrogens (tertiary/aromatic N) is 1. The van der Waals surface area contributed by atoms with Crippen LogP contribution in [0.2, 0.25) is 0 Å². The van der Waals surface area contributed by atoms with Crippen LogP contribution in [0.1, 0.15) is 6.42 Å². The molecule has 0 saturated carbocycles. The number of anilines is 1. The summed E-state index contributed by atoms with van der Waals surface area (Å²) in [5, 5.41) is 4.21. The second-order valence-electron chi connectivity index (χ2n) is 3.95. The van der Waals surface area contributed by atoms with Crippen molar-refractivity contribution in [1.29, 1.82) is 0 Å². The highest BCUT2D eigenvalue weighted by Gasteiger charge is 2.38. The Bertz CT molecular complexity index is 430. The topological polar surface area (TPSA) is 41.6 Å². The zero-order valence-corrected chi connectivity index (χ0v) is 8.67. The van der Waals surface area contributed by atoms with E-state index in [2.05, 4.69) is 5.32 Å². The van der Waals surface area contributed by atoms with E-state index >= 15 is 0 Å². The highest BCUT2D eigenvalue weighted by molar-refractivity contribution is 5.89. The number of nitrogens with one attached hydrogen (secondary N) is 1. The van der Waals surface area contributed by atoms with Crippen LogP contribution in [0.4, 0.5) is 10.5 Å². The molecule has 1 saturated heterocycles. The standard InChI is InChI=1S/C12H12N2O2/c15-12(13-9-4-2-1-3-5-9)14-10-6-7-11(8-10)16-14/h1-7,10-11H,8H2,(H,13,15)/t10-,11-/m0/s1. The fourth-order valence-corrected chi connectivity index (χ4v) is 2.02.